The lowest BCUT2D eigenvalue weighted by atomic mass is 10.1. The van der Waals surface area contributed by atoms with Gasteiger partial charge in [-0.15, -0.1) is 0 Å². The molecule has 3 heteroatoms. The molecule has 1 unspecified atom stereocenters. The summed E-state index contributed by atoms with van der Waals surface area (Å²) in [5, 5.41) is 11.9. The number of nitrogens with one attached hydrogen (secondary N) is 1. The fourth-order valence-electron chi connectivity index (χ4n) is 1.80. The summed E-state index contributed by atoms with van der Waals surface area (Å²) >= 11 is 0. The predicted molar refractivity (Wildman–Crippen MR) is 50.2 cm³/mol. The largest absolute Gasteiger partial charge is 0.396 e. The summed E-state index contributed by atoms with van der Waals surface area (Å²) in [6.45, 7) is 4.98. The van der Waals surface area contributed by atoms with Gasteiger partial charge in [-0.2, -0.15) is 0 Å². The minimum atomic E-state index is 0.352. The third-order valence-corrected chi connectivity index (χ3v) is 2.59. The van der Waals surface area contributed by atoms with Crippen molar-refractivity contribution in [1.29, 1.82) is 0 Å². The number of nitrogens with zero attached hydrogens (tertiary/aromatic N) is 1. The molecule has 1 heterocycles. The van der Waals surface area contributed by atoms with Gasteiger partial charge in [0.25, 0.3) is 0 Å². The van der Waals surface area contributed by atoms with Crippen molar-refractivity contribution < 1.29 is 5.11 Å². The van der Waals surface area contributed by atoms with Crippen molar-refractivity contribution in [3.8, 4) is 0 Å². The highest BCUT2D eigenvalue weighted by molar-refractivity contribution is 4.75. The average molecular weight is 172 g/mol. The van der Waals surface area contributed by atoms with Crippen LogP contribution in [0.25, 0.3) is 0 Å². The van der Waals surface area contributed by atoms with E-state index in [0.29, 0.717) is 6.61 Å². The van der Waals surface area contributed by atoms with E-state index < -0.39 is 0 Å². The van der Waals surface area contributed by atoms with Gasteiger partial charge >= 0.3 is 0 Å². The highest BCUT2D eigenvalue weighted by atomic mass is 16.3. The van der Waals surface area contributed by atoms with Crippen molar-refractivity contribution in [1.82, 2.24) is 10.2 Å². The zero-order valence-corrected chi connectivity index (χ0v) is 7.92. The first-order valence-corrected chi connectivity index (χ1v) is 4.84. The molecular formula is C9H20N2O. The van der Waals surface area contributed by atoms with Crippen LogP contribution in [-0.4, -0.2) is 49.8 Å². The van der Waals surface area contributed by atoms with Crippen LogP contribution in [0.2, 0.25) is 0 Å². The van der Waals surface area contributed by atoms with Crippen molar-refractivity contribution in [3.05, 3.63) is 0 Å². The molecule has 0 radical (unpaired) electrons. The molecule has 12 heavy (non-hydrogen) atoms. The number of likely N-dealkylation sites (N-methyl/N-ethyl adjacent to an activating group) is 1. The molecule has 0 saturated carbocycles. The van der Waals surface area contributed by atoms with Gasteiger partial charge < -0.3 is 15.3 Å². The second-order valence-electron chi connectivity index (χ2n) is 3.57. The molecule has 1 rings (SSSR count). The maximum Gasteiger partial charge on any atom is 0.0434 e. The summed E-state index contributed by atoms with van der Waals surface area (Å²) in [6, 6.07) is 0. The lowest BCUT2D eigenvalue weighted by molar-refractivity contribution is 0.251. The number of hydrogen-bond donors (Lipinski definition) is 2. The number of aliphatic hydroxyl groups excluding tert-OH is 1. The number of likely N-dealkylation sites (tertiary alicyclic amines) is 1. The molecule has 1 saturated heterocycles. The van der Waals surface area contributed by atoms with E-state index in [1.807, 2.05) is 7.05 Å². The smallest absolute Gasteiger partial charge is 0.0434 e. The molecule has 2 N–H and O–H groups in total. The fraction of sp³-hybridized carbons (Fsp3) is 1.00. The van der Waals surface area contributed by atoms with Crippen LogP contribution in [0.15, 0.2) is 0 Å². The van der Waals surface area contributed by atoms with Crippen LogP contribution < -0.4 is 5.32 Å². The first-order valence-electron chi connectivity index (χ1n) is 4.84. The van der Waals surface area contributed by atoms with Crippen molar-refractivity contribution >= 4 is 0 Å². The minimum absolute atomic E-state index is 0.352. The highest BCUT2D eigenvalue weighted by Crippen LogP contribution is 2.18. The van der Waals surface area contributed by atoms with E-state index in [1.165, 1.54) is 19.5 Å². The van der Waals surface area contributed by atoms with Crippen LogP contribution in [0.5, 0.6) is 0 Å². The summed E-state index contributed by atoms with van der Waals surface area (Å²) in [5.41, 5.74) is 0. The summed E-state index contributed by atoms with van der Waals surface area (Å²) in [6.07, 6.45) is 2.25. The third-order valence-electron chi connectivity index (χ3n) is 2.59. The zero-order valence-electron chi connectivity index (χ0n) is 7.92. The molecule has 0 bridgehead atoms. The molecule has 1 fully saturated rings. The van der Waals surface area contributed by atoms with Crippen LogP contribution in [0, 0.1) is 5.92 Å². The Labute approximate surface area is 74.8 Å². The van der Waals surface area contributed by atoms with Gasteiger partial charge in [-0.1, -0.05) is 0 Å². The van der Waals surface area contributed by atoms with Gasteiger partial charge in [0.05, 0.1) is 0 Å². The van der Waals surface area contributed by atoms with Gasteiger partial charge in [-0.05, 0) is 32.4 Å². The van der Waals surface area contributed by atoms with Crippen molar-refractivity contribution in [2.45, 2.75) is 12.8 Å². The molecule has 1 atom stereocenters. The monoisotopic (exact) mass is 172 g/mol. The Bertz CT molecular complexity index is 119. The standard InChI is InChI=1S/C9H20N2O/c1-10-4-6-11-5-2-9(8-11)3-7-12/h9-10,12H,2-8H2,1H3. The van der Waals surface area contributed by atoms with E-state index in [9.17, 15) is 0 Å². The maximum atomic E-state index is 8.76. The molecular weight excluding hydrogens is 152 g/mol. The Morgan fingerprint density at radius 2 is 2.42 bits per heavy atom. The van der Waals surface area contributed by atoms with Crippen molar-refractivity contribution in [2.24, 2.45) is 5.92 Å². The van der Waals surface area contributed by atoms with E-state index in [4.69, 9.17) is 5.11 Å². The lowest BCUT2D eigenvalue weighted by Gasteiger charge is -2.14. The Morgan fingerprint density at radius 3 is 3.08 bits per heavy atom. The molecule has 0 aromatic heterocycles. The van der Waals surface area contributed by atoms with Gasteiger partial charge in [0.15, 0.2) is 0 Å². The van der Waals surface area contributed by atoms with E-state index in [0.717, 1.165) is 25.4 Å². The van der Waals surface area contributed by atoms with Crippen LogP contribution in [0.3, 0.4) is 0 Å². The Kier molecular flexibility index (Phi) is 4.58. The van der Waals surface area contributed by atoms with Crippen LogP contribution in [0.4, 0.5) is 0 Å². The first-order chi connectivity index (χ1) is 5.86. The van der Waals surface area contributed by atoms with Crippen LogP contribution in [0.1, 0.15) is 12.8 Å². The summed E-state index contributed by atoms with van der Waals surface area (Å²) in [7, 11) is 1.99. The van der Waals surface area contributed by atoms with E-state index in [2.05, 4.69) is 10.2 Å². The zero-order chi connectivity index (χ0) is 8.81. The first kappa shape index (κ1) is 9.96. The maximum absolute atomic E-state index is 8.76. The molecule has 0 amide bonds. The van der Waals surface area contributed by atoms with Crippen LogP contribution in [-0.2, 0) is 0 Å². The van der Waals surface area contributed by atoms with Gasteiger partial charge in [0.1, 0.15) is 0 Å². The summed E-state index contributed by atoms with van der Waals surface area (Å²) in [4.78, 5) is 2.47. The van der Waals surface area contributed by atoms with E-state index in [1.54, 1.807) is 0 Å². The van der Waals surface area contributed by atoms with Gasteiger partial charge in [-0.25, -0.2) is 0 Å². The lowest BCUT2D eigenvalue weighted by Crippen LogP contribution is -2.28. The highest BCUT2D eigenvalue weighted by Gasteiger charge is 2.20. The van der Waals surface area contributed by atoms with Gasteiger partial charge in [0, 0.05) is 26.2 Å². The normalized spacial score (nSPS) is 25.0. The van der Waals surface area contributed by atoms with Crippen molar-refractivity contribution in [2.75, 3.05) is 39.8 Å². The van der Waals surface area contributed by atoms with E-state index >= 15 is 0 Å². The van der Waals surface area contributed by atoms with Gasteiger partial charge in [0.2, 0.25) is 0 Å². The molecule has 1 aliphatic heterocycles. The fourth-order valence-corrected chi connectivity index (χ4v) is 1.80. The molecule has 0 aromatic rings. The Balaban J connectivity index is 2.08. The SMILES string of the molecule is CNCCN1CCC(CCO)C1. The predicted octanol–water partition coefficient (Wildman–Crippen LogP) is -0.0899. The number of hydrogen-bond acceptors (Lipinski definition) is 3. The Morgan fingerprint density at radius 1 is 1.58 bits per heavy atom. The third kappa shape index (κ3) is 3.09. The van der Waals surface area contributed by atoms with Crippen LogP contribution >= 0.6 is 0 Å². The van der Waals surface area contributed by atoms with Crippen molar-refractivity contribution in [3.63, 3.8) is 0 Å². The molecule has 0 aromatic carbocycles. The summed E-state index contributed by atoms with van der Waals surface area (Å²) < 4.78 is 0. The second kappa shape index (κ2) is 5.51. The summed E-state index contributed by atoms with van der Waals surface area (Å²) in [5.74, 6) is 0.742. The molecule has 1 aliphatic rings. The topological polar surface area (TPSA) is 35.5 Å². The van der Waals surface area contributed by atoms with E-state index in [-0.39, 0.29) is 0 Å². The molecule has 0 aliphatic carbocycles. The Hall–Kier alpha value is -0.120. The number of rotatable bonds is 5. The molecule has 72 valence electrons. The molecule has 3 nitrogen and oxygen atoms in total. The average Bonchev–Trinajstić information content (AvgIpc) is 2.50. The number of aliphatic hydroxyl groups is 1. The second-order valence-corrected chi connectivity index (χ2v) is 3.57. The molecule has 0 spiro atoms. The minimum Gasteiger partial charge on any atom is -0.396 e. The van der Waals surface area contributed by atoms with Gasteiger partial charge in [-0.3, -0.25) is 0 Å². The quantitative estimate of drug-likeness (QED) is 0.608.